The summed E-state index contributed by atoms with van der Waals surface area (Å²) in [4.78, 5) is 13.4. The molecule has 0 aliphatic carbocycles. The van der Waals surface area contributed by atoms with Crippen LogP contribution in [0.4, 0.5) is 0 Å². The first-order valence-corrected chi connectivity index (χ1v) is 6.08. The van der Waals surface area contributed by atoms with Gasteiger partial charge in [0.1, 0.15) is 6.04 Å². The molecule has 0 aromatic rings. The molecular formula is C12H24N2O2. The highest BCUT2D eigenvalue weighted by molar-refractivity contribution is 5.73. The Morgan fingerprint density at radius 1 is 1.38 bits per heavy atom. The summed E-state index contributed by atoms with van der Waals surface area (Å²) < 4.78 is 0. The third kappa shape index (κ3) is 4.49. The molecule has 1 aliphatic rings. The van der Waals surface area contributed by atoms with Crippen LogP contribution in [-0.2, 0) is 4.79 Å². The van der Waals surface area contributed by atoms with Crippen LogP contribution < -0.4 is 5.32 Å². The van der Waals surface area contributed by atoms with Crippen molar-refractivity contribution in [2.45, 2.75) is 39.7 Å². The lowest BCUT2D eigenvalue weighted by molar-refractivity contribution is -0.144. The molecule has 0 aromatic heterocycles. The number of carboxylic acid groups (broad SMARTS) is 1. The minimum absolute atomic E-state index is 0.0583. The Hall–Kier alpha value is -0.610. The Labute approximate surface area is 98.0 Å². The van der Waals surface area contributed by atoms with Gasteiger partial charge >= 0.3 is 5.97 Å². The molecule has 1 rings (SSSR count). The highest BCUT2D eigenvalue weighted by atomic mass is 16.4. The van der Waals surface area contributed by atoms with E-state index in [2.05, 4.69) is 31.0 Å². The van der Waals surface area contributed by atoms with Crippen LogP contribution in [0.1, 0.15) is 33.6 Å². The molecule has 1 aliphatic heterocycles. The third-order valence-corrected chi connectivity index (χ3v) is 2.91. The number of hydrogen-bond donors (Lipinski definition) is 2. The number of aliphatic carboxylic acids is 1. The van der Waals surface area contributed by atoms with Crippen molar-refractivity contribution in [3.8, 4) is 0 Å². The van der Waals surface area contributed by atoms with Crippen molar-refractivity contribution < 1.29 is 9.90 Å². The molecule has 4 heteroatoms. The fraction of sp³-hybridized carbons (Fsp3) is 0.917. The molecule has 94 valence electrons. The number of carbonyl (C=O) groups is 1. The van der Waals surface area contributed by atoms with E-state index >= 15 is 0 Å². The van der Waals surface area contributed by atoms with Crippen LogP contribution in [0.5, 0.6) is 0 Å². The van der Waals surface area contributed by atoms with Gasteiger partial charge in [0, 0.05) is 19.6 Å². The molecule has 2 N–H and O–H groups in total. The SMILES string of the molecule is CC(C)(C)CC(C(=O)O)N1CCCNCC1. The molecule has 0 radical (unpaired) electrons. The minimum Gasteiger partial charge on any atom is -0.480 e. The summed E-state index contributed by atoms with van der Waals surface area (Å²) in [5.41, 5.74) is 0.0583. The molecular weight excluding hydrogens is 204 g/mol. The summed E-state index contributed by atoms with van der Waals surface area (Å²) in [7, 11) is 0. The van der Waals surface area contributed by atoms with Gasteiger partial charge in [-0.15, -0.1) is 0 Å². The average molecular weight is 228 g/mol. The van der Waals surface area contributed by atoms with Crippen molar-refractivity contribution in [3.63, 3.8) is 0 Å². The van der Waals surface area contributed by atoms with Gasteiger partial charge in [0.15, 0.2) is 0 Å². The lowest BCUT2D eigenvalue weighted by atomic mass is 9.87. The van der Waals surface area contributed by atoms with Gasteiger partial charge in [-0.1, -0.05) is 20.8 Å². The van der Waals surface area contributed by atoms with E-state index < -0.39 is 5.97 Å². The molecule has 0 bridgehead atoms. The lowest BCUT2D eigenvalue weighted by Crippen LogP contribution is -2.45. The van der Waals surface area contributed by atoms with Gasteiger partial charge in [0.05, 0.1) is 0 Å². The van der Waals surface area contributed by atoms with Gasteiger partial charge in [0.2, 0.25) is 0 Å². The molecule has 1 atom stereocenters. The van der Waals surface area contributed by atoms with E-state index in [0.29, 0.717) is 6.42 Å². The van der Waals surface area contributed by atoms with Gasteiger partial charge in [-0.2, -0.15) is 0 Å². The second-order valence-corrected chi connectivity index (χ2v) is 5.76. The van der Waals surface area contributed by atoms with E-state index in [-0.39, 0.29) is 11.5 Å². The topological polar surface area (TPSA) is 52.6 Å². The maximum absolute atomic E-state index is 11.3. The Morgan fingerprint density at radius 3 is 2.62 bits per heavy atom. The van der Waals surface area contributed by atoms with E-state index in [1.165, 1.54) is 0 Å². The predicted octanol–water partition coefficient (Wildman–Crippen LogP) is 1.17. The Bertz CT molecular complexity index is 228. The third-order valence-electron chi connectivity index (χ3n) is 2.91. The first kappa shape index (κ1) is 13.5. The van der Waals surface area contributed by atoms with Crippen LogP contribution in [-0.4, -0.2) is 48.2 Å². The van der Waals surface area contributed by atoms with Gasteiger partial charge < -0.3 is 10.4 Å². The Kier molecular flexibility index (Phi) is 4.74. The summed E-state index contributed by atoms with van der Waals surface area (Å²) in [5.74, 6) is -0.683. The summed E-state index contributed by atoms with van der Waals surface area (Å²) in [5, 5.41) is 12.6. The molecule has 1 saturated heterocycles. The van der Waals surface area contributed by atoms with Crippen LogP contribution in [0, 0.1) is 5.41 Å². The monoisotopic (exact) mass is 228 g/mol. The summed E-state index contributed by atoms with van der Waals surface area (Å²) in [6.07, 6.45) is 1.75. The largest absolute Gasteiger partial charge is 0.480 e. The Balaban J connectivity index is 2.64. The van der Waals surface area contributed by atoms with Crippen LogP contribution in [0.25, 0.3) is 0 Å². The van der Waals surface area contributed by atoms with Gasteiger partial charge in [-0.3, -0.25) is 9.69 Å². The van der Waals surface area contributed by atoms with Crippen molar-refractivity contribution in [1.29, 1.82) is 0 Å². The average Bonchev–Trinajstić information content (AvgIpc) is 2.40. The van der Waals surface area contributed by atoms with Gasteiger partial charge in [-0.25, -0.2) is 0 Å². The first-order chi connectivity index (χ1) is 7.40. The van der Waals surface area contributed by atoms with E-state index in [1.54, 1.807) is 0 Å². The molecule has 4 nitrogen and oxygen atoms in total. The van der Waals surface area contributed by atoms with Crippen LogP contribution >= 0.6 is 0 Å². The predicted molar refractivity (Wildman–Crippen MR) is 64.6 cm³/mol. The van der Waals surface area contributed by atoms with Crippen LogP contribution in [0.2, 0.25) is 0 Å². The van der Waals surface area contributed by atoms with E-state index in [1.807, 2.05) is 0 Å². The molecule has 1 unspecified atom stereocenters. The smallest absolute Gasteiger partial charge is 0.320 e. The van der Waals surface area contributed by atoms with Crippen molar-refractivity contribution in [2.75, 3.05) is 26.2 Å². The maximum atomic E-state index is 11.3. The Morgan fingerprint density at radius 2 is 2.06 bits per heavy atom. The number of carboxylic acids is 1. The van der Waals surface area contributed by atoms with Crippen molar-refractivity contribution in [2.24, 2.45) is 5.41 Å². The molecule has 0 spiro atoms. The standard InChI is InChI=1S/C12H24N2O2/c1-12(2,3)9-10(11(15)16)14-7-4-5-13-6-8-14/h10,13H,4-9H2,1-3H3,(H,15,16). The van der Waals surface area contributed by atoms with E-state index in [0.717, 1.165) is 32.6 Å². The quantitative estimate of drug-likeness (QED) is 0.761. The van der Waals surface area contributed by atoms with Gasteiger partial charge in [-0.05, 0) is 24.8 Å². The van der Waals surface area contributed by atoms with Crippen LogP contribution in [0.3, 0.4) is 0 Å². The highest BCUT2D eigenvalue weighted by Gasteiger charge is 2.30. The van der Waals surface area contributed by atoms with Gasteiger partial charge in [0.25, 0.3) is 0 Å². The summed E-state index contributed by atoms with van der Waals surface area (Å²) in [6, 6.07) is -0.333. The zero-order valence-electron chi connectivity index (χ0n) is 10.6. The fourth-order valence-corrected chi connectivity index (χ4v) is 2.13. The number of rotatable bonds is 3. The van der Waals surface area contributed by atoms with Crippen molar-refractivity contribution in [3.05, 3.63) is 0 Å². The van der Waals surface area contributed by atoms with Crippen LogP contribution in [0.15, 0.2) is 0 Å². The second-order valence-electron chi connectivity index (χ2n) is 5.76. The molecule has 0 saturated carbocycles. The second kappa shape index (κ2) is 5.64. The molecule has 1 fully saturated rings. The maximum Gasteiger partial charge on any atom is 0.320 e. The summed E-state index contributed by atoms with van der Waals surface area (Å²) in [6.45, 7) is 9.91. The molecule has 1 heterocycles. The number of nitrogens with zero attached hydrogens (tertiary/aromatic N) is 1. The normalized spacial score (nSPS) is 21.4. The lowest BCUT2D eigenvalue weighted by Gasteiger charge is -2.31. The van der Waals surface area contributed by atoms with Crippen molar-refractivity contribution >= 4 is 5.97 Å². The minimum atomic E-state index is -0.683. The molecule has 16 heavy (non-hydrogen) atoms. The highest BCUT2D eigenvalue weighted by Crippen LogP contribution is 2.24. The molecule has 0 amide bonds. The zero-order valence-corrected chi connectivity index (χ0v) is 10.6. The van der Waals surface area contributed by atoms with E-state index in [9.17, 15) is 9.90 Å². The molecule has 0 aromatic carbocycles. The number of hydrogen-bond acceptors (Lipinski definition) is 3. The zero-order chi connectivity index (χ0) is 12.2. The van der Waals surface area contributed by atoms with E-state index in [4.69, 9.17) is 0 Å². The first-order valence-electron chi connectivity index (χ1n) is 6.08. The summed E-state index contributed by atoms with van der Waals surface area (Å²) >= 11 is 0. The fourth-order valence-electron chi connectivity index (χ4n) is 2.13. The number of nitrogens with one attached hydrogen (secondary N) is 1. The van der Waals surface area contributed by atoms with Crippen molar-refractivity contribution in [1.82, 2.24) is 10.2 Å².